The maximum absolute atomic E-state index is 10.8. The van der Waals surface area contributed by atoms with Crippen LogP contribution in [-0.2, 0) is 0 Å². The Labute approximate surface area is 174 Å². The summed E-state index contributed by atoms with van der Waals surface area (Å²) in [5.74, 6) is 2.39. The van der Waals surface area contributed by atoms with Crippen molar-refractivity contribution in [2.75, 3.05) is 0 Å². The predicted molar refractivity (Wildman–Crippen MR) is 118 cm³/mol. The summed E-state index contributed by atoms with van der Waals surface area (Å²) >= 11 is 0. The molecule has 2 N–H and O–H groups in total. The van der Waals surface area contributed by atoms with Gasteiger partial charge in [0.05, 0.1) is 12.2 Å². The van der Waals surface area contributed by atoms with Crippen molar-refractivity contribution in [1.29, 1.82) is 0 Å². The number of hydrogen-bond acceptors (Lipinski definition) is 2. The lowest BCUT2D eigenvalue weighted by molar-refractivity contribution is -0.101. The summed E-state index contributed by atoms with van der Waals surface area (Å²) in [6, 6.07) is 0. The van der Waals surface area contributed by atoms with Crippen LogP contribution < -0.4 is 0 Å². The predicted octanol–water partition coefficient (Wildman–Crippen LogP) is 6.58. The highest BCUT2D eigenvalue weighted by atomic mass is 16.3. The van der Waals surface area contributed by atoms with E-state index in [4.69, 9.17) is 0 Å². The molecule has 3 rings (SSSR count). The second kappa shape index (κ2) is 8.22. The van der Waals surface area contributed by atoms with Crippen LogP contribution >= 0.6 is 0 Å². The molecule has 0 aromatic heterocycles. The minimum atomic E-state index is -0.118. The second-order valence-electron chi connectivity index (χ2n) is 12.9. The van der Waals surface area contributed by atoms with Crippen molar-refractivity contribution in [1.82, 2.24) is 0 Å². The van der Waals surface area contributed by atoms with Gasteiger partial charge in [0, 0.05) is 0 Å². The molecule has 0 aliphatic heterocycles. The van der Waals surface area contributed by atoms with Crippen molar-refractivity contribution >= 4 is 0 Å². The topological polar surface area (TPSA) is 40.5 Å². The zero-order valence-corrected chi connectivity index (χ0v) is 19.6. The summed E-state index contributed by atoms with van der Waals surface area (Å²) in [7, 11) is 0. The van der Waals surface area contributed by atoms with Gasteiger partial charge in [-0.1, -0.05) is 60.8 Å². The van der Waals surface area contributed by atoms with E-state index in [-0.39, 0.29) is 23.0 Å². The van der Waals surface area contributed by atoms with E-state index in [9.17, 15) is 10.2 Å². The molecule has 3 saturated carbocycles. The van der Waals surface area contributed by atoms with Gasteiger partial charge in [0.1, 0.15) is 0 Å². The Morgan fingerprint density at radius 3 is 1.36 bits per heavy atom. The first-order valence-corrected chi connectivity index (χ1v) is 12.3. The van der Waals surface area contributed by atoms with Crippen LogP contribution in [0.15, 0.2) is 0 Å². The fraction of sp³-hybridized carbons (Fsp3) is 1.00. The molecular weight excluding hydrogens is 344 g/mol. The Bertz CT molecular complexity index is 466. The Morgan fingerprint density at radius 1 is 0.607 bits per heavy atom. The van der Waals surface area contributed by atoms with Crippen molar-refractivity contribution in [2.24, 2.45) is 39.9 Å². The van der Waals surface area contributed by atoms with Crippen molar-refractivity contribution in [3.8, 4) is 0 Å². The van der Waals surface area contributed by atoms with Crippen LogP contribution in [0.4, 0.5) is 0 Å². The molecule has 0 aromatic carbocycles. The van der Waals surface area contributed by atoms with Crippen molar-refractivity contribution in [3.05, 3.63) is 0 Å². The normalized spacial score (nSPS) is 40.3. The molecule has 3 fully saturated rings. The zero-order valence-electron chi connectivity index (χ0n) is 19.6. The Kier molecular flexibility index (Phi) is 6.63. The van der Waals surface area contributed by atoms with Gasteiger partial charge in [-0.3, -0.25) is 0 Å². The lowest BCUT2D eigenvalue weighted by Crippen LogP contribution is -2.50. The van der Waals surface area contributed by atoms with Crippen molar-refractivity contribution < 1.29 is 10.2 Å². The third-order valence-electron chi connectivity index (χ3n) is 9.26. The van der Waals surface area contributed by atoms with Gasteiger partial charge in [-0.2, -0.15) is 0 Å². The minimum Gasteiger partial charge on any atom is -0.393 e. The minimum absolute atomic E-state index is 0.118. The van der Waals surface area contributed by atoms with E-state index in [1.165, 1.54) is 57.8 Å². The molecule has 164 valence electrons. The van der Waals surface area contributed by atoms with E-state index in [1.54, 1.807) is 0 Å². The van der Waals surface area contributed by atoms with Crippen LogP contribution in [0.25, 0.3) is 0 Å². The number of rotatable bonds is 2. The van der Waals surface area contributed by atoms with Gasteiger partial charge in [-0.15, -0.1) is 0 Å². The summed E-state index contributed by atoms with van der Waals surface area (Å²) in [6.45, 7) is 13.9. The summed E-state index contributed by atoms with van der Waals surface area (Å²) in [6.07, 6.45) is 13.6. The Balaban J connectivity index is 1.87. The third-order valence-corrected chi connectivity index (χ3v) is 9.26. The Hall–Kier alpha value is -0.0800. The molecule has 3 aliphatic carbocycles. The van der Waals surface area contributed by atoms with Crippen molar-refractivity contribution in [3.63, 3.8) is 0 Å². The molecule has 0 spiro atoms. The summed E-state index contributed by atoms with van der Waals surface area (Å²) in [5.41, 5.74) is 0.834. The Morgan fingerprint density at radius 2 is 1.00 bits per heavy atom. The molecule has 0 bridgehead atoms. The summed E-state index contributed by atoms with van der Waals surface area (Å²) in [5, 5.41) is 21.5. The molecule has 28 heavy (non-hydrogen) atoms. The van der Waals surface area contributed by atoms with Crippen LogP contribution in [0.2, 0.25) is 0 Å². The molecule has 6 unspecified atom stereocenters. The monoisotopic (exact) mass is 392 g/mol. The maximum atomic E-state index is 10.8. The first-order valence-electron chi connectivity index (χ1n) is 12.3. The van der Waals surface area contributed by atoms with Crippen molar-refractivity contribution in [2.45, 2.75) is 124 Å². The van der Waals surface area contributed by atoms with Gasteiger partial charge in [0.15, 0.2) is 0 Å². The molecule has 0 radical (unpaired) electrons. The average molecular weight is 393 g/mol. The van der Waals surface area contributed by atoms with Gasteiger partial charge in [0.25, 0.3) is 0 Å². The van der Waals surface area contributed by atoms with Gasteiger partial charge in [-0.05, 0) is 91.3 Å². The SMILES string of the molecule is CC(C)(C)C1CC(C2(C3CCC(O)C(C(C)(C)C)C3)CCCCC2)CCC1O. The smallest absolute Gasteiger partial charge is 0.0573 e. The number of hydrogen-bond donors (Lipinski definition) is 2. The van der Waals surface area contributed by atoms with Crippen LogP contribution in [0.3, 0.4) is 0 Å². The van der Waals surface area contributed by atoms with Gasteiger partial charge >= 0.3 is 0 Å². The molecule has 0 amide bonds. The quantitative estimate of drug-likeness (QED) is 0.557. The highest BCUT2D eigenvalue weighted by Crippen LogP contribution is 2.59. The molecule has 2 nitrogen and oxygen atoms in total. The van der Waals surface area contributed by atoms with E-state index in [1.807, 2.05) is 0 Å². The lowest BCUT2D eigenvalue weighted by atomic mass is 9.49. The highest BCUT2D eigenvalue weighted by molar-refractivity contribution is 5.02. The fourth-order valence-corrected chi connectivity index (χ4v) is 7.57. The van der Waals surface area contributed by atoms with E-state index in [0.29, 0.717) is 17.3 Å². The van der Waals surface area contributed by atoms with Crippen LogP contribution in [0, 0.1) is 39.9 Å². The van der Waals surface area contributed by atoms with Crippen LogP contribution in [-0.4, -0.2) is 22.4 Å². The molecule has 6 atom stereocenters. The zero-order chi connectivity index (χ0) is 20.7. The third kappa shape index (κ3) is 4.48. The van der Waals surface area contributed by atoms with Crippen LogP contribution in [0.5, 0.6) is 0 Å². The first-order chi connectivity index (χ1) is 12.9. The standard InChI is InChI=1S/C26H48O2/c1-24(2,3)20-16-18(10-12-22(20)27)26(14-8-7-9-15-26)19-11-13-23(28)21(17-19)25(4,5)6/h18-23,27-28H,7-17H2,1-6H3. The van der Waals surface area contributed by atoms with E-state index in [0.717, 1.165) is 24.7 Å². The van der Waals surface area contributed by atoms with Crippen LogP contribution in [0.1, 0.15) is 112 Å². The summed E-state index contributed by atoms with van der Waals surface area (Å²) in [4.78, 5) is 0. The molecule has 3 aliphatic rings. The molecule has 0 saturated heterocycles. The van der Waals surface area contributed by atoms with E-state index >= 15 is 0 Å². The molecule has 0 heterocycles. The highest BCUT2D eigenvalue weighted by Gasteiger charge is 2.52. The fourth-order valence-electron chi connectivity index (χ4n) is 7.57. The number of aliphatic hydroxyl groups excluding tert-OH is 2. The van der Waals surface area contributed by atoms with Gasteiger partial charge in [0.2, 0.25) is 0 Å². The van der Waals surface area contributed by atoms with Gasteiger partial charge in [-0.25, -0.2) is 0 Å². The lowest BCUT2D eigenvalue weighted by Gasteiger charge is -2.56. The molecule has 0 aromatic rings. The molecule has 2 heteroatoms. The second-order valence-corrected chi connectivity index (χ2v) is 12.9. The number of aliphatic hydroxyl groups is 2. The van der Waals surface area contributed by atoms with Gasteiger partial charge < -0.3 is 10.2 Å². The largest absolute Gasteiger partial charge is 0.393 e. The maximum Gasteiger partial charge on any atom is 0.0573 e. The average Bonchev–Trinajstić information content (AvgIpc) is 2.61. The van der Waals surface area contributed by atoms with E-state index < -0.39 is 0 Å². The molecular formula is C26H48O2. The summed E-state index contributed by atoms with van der Waals surface area (Å²) < 4.78 is 0. The first kappa shape index (κ1) is 22.6. The van der Waals surface area contributed by atoms with E-state index in [2.05, 4.69) is 41.5 Å².